The van der Waals surface area contributed by atoms with Gasteiger partial charge in [0, 0.05) is 45.5 Å². The van der Waals surface area contributed by atoms with Crippen molar-refractivity contribution in [3.63, 3.8) is 0 Å². The largest absolute Gasteiger partial charge is 0.497 e. The van der Waals surface area contributed by atoms with Crippen LogP contribution in [0.15, 0.2) is 95.9 Å². The third kappa shape index (κ3) is 5.47. The number of benzene rings is 5. The maximum absolute atomic E-state index is 7.81. The molecule has 1 saturated heterocycles. The fraction of sp³-hybridized carbons (Fsp3) is 0.388. The fourth-order valence-electron chi connectivity index (χ4n) is 11.4. The Morgan fingerprint density at radius 3 is 1.91 bits per heavy atom. The molecule has 0 unspecified atom stereocenters. The summed E-state index contributed by atoms with van der Waals surface area (Å²) < 4.78 is 19.1. The van der Waals surface area contributed by atoms with E-state index in [1.807, 2.05) is 36.0 Å². The van der Waals surface area contributed by atoms with E-state index in [2.05, 4.69) is 112 Å². The second-order valence-corrected chi connectivity index (χ2v) is 18.6. The number of rotatable bonds is 6. The number of anilines is 1. The molecule has 4 aliphatic rings. The Morgan fingerprint density at radius 1 is 0.704 bits per heavy atom. The van der Waals surface area contributed by atoms with Crippen LogP contribution in [0.25, 0.3) is 28.0 Å². The standard InChI is InChI=1S/C49H53NO3S/c1-46(2)29-47(3,4)31-48(30-46)40-14-10-9-13-36(40)43-38-27-41(50-25-11-8-12-26-50)42(54-7)28-39(38)45-37(44(43)48)23-24-49(53-45,32-15-19-34(51-5)20-16-32)33-17-21-35(52-6)22-18-33/h9-10,13-24,27-28H,8,11-12,25-26,29-31H2,1-7H3. The summed E-state index contributed by atoms with van der Waals surface area (Å²) in [5.74, 6) is 2.63. The van der Waals surface area contributed by atoms with E-state index in [9.17, 15) is 0 Å². The average Bonchev–Trinajstić information content (AvgIpc) is 3.44. The second kappa shape index (κ2) is 12.9. The molecule has 1 spiro atoms. The van der Waals surface area contributed by atoms with E-state index in [0.717, 1.165) is 54.3 Å². The third-order valence-electron chi connectivity index (χ3n) is 12.8. The van der Waals surface area contributed by atoms with Crippen molar-refractivity contribution in [3.05, 3.63) is 119 Å². The number of fused-ring (bicyclic) bond motifs is 10. The van der Waals surface area contributed by atoms with Gasteiger partial charge in [-0.1, -0.05) is 82.3 Å². The number of hydrogen-bond acceptors (Lipinski definition) is 5. The second-order valence-electron chi connectivity index (χ2n) is 17.7. The van der Waals surface area contributed by atoms with Gasteiger partial charge in [0.15, 0.2) is 5.60 Å². The van der Waals surface area contributed by atoms with E-state index >= 15 is 0 Å². The van der Waals surface area contributed by atoms with Gasteiger partial charge in [0.2, 0.25) is 0 Å². The minimum atomic E-state index is -0.874. The molecular formula is C49H53NO3S. The molecule has 0 aromatic heterocycles. The Kier molecular flexibility index (Phi) is 8.43. The van der Waals surface area contributed by atoms with E-state index in [-0.39, 0.29) is 16.2 Å². The molecule has 278 valence electrons. The molecule has 0 radical (unpaired) electrons. The smallest absolute Gasteiger partial charge is 0.178 e. The van der Waals surface area contributed by atoms with Crippen molar-refractivity contribution in [2.45, 2.75) is 82.1 Å². The lowest BCUT2D eigenvalue weighted by molar-refractivity contribution is 0.0642. The molecule has 5 heteroatoms. The molecule has 0 N–H and O–H groups in total. The summed E-state index contributed by atoms with van der Waals surface area (Å²) in [5.41, 5.74) is 9.76. The minimum Gasteiger partial charge on any atom is -0.497 e. The van der Waals surface area contributed by atoms with Gasteiger partial charge in [-0.3, -0.25) is 0 Å². The van der Waals surface area contributed by atoms with Gasteiger partial charge in [0.25, 0.3) is 0 Å². The predicted octanol–water partition coefficient (Wildman–Crippen LogP) is 12.4. The zero-order chi connectivity index (χ0) is 37.5. The quantitative estimate of drug-likeness (QED) is 0.162. The fourth-order valence-corrected chi connectivity index (χ4v) is 12.0. The van der Waals surface area contributed by atoms with Gasteiger partial charge in [0.05, 0.1) is 19.9 Å². The molecule has 5 aromatic carbocycles. The Morgan fingerprint density at radius 2 is 1.31 bits per heavy atom. The van der Waals surface area contributed by atoms with Gasteiger partial charge in [-0.25, -0.2) is 0 Å². The molecule has 9 rings (SSSR count). The number of thioether (sulfide) groups is 1. The maximum atomic E-state index is 7.81. The van der Waals surface area contributed by atoms with Crippen LogP contribution >= 0.6 is 11.8 Å². The first-order chi connectivity index (χ1) is 26.0. The van der Waals surface area contributed by atoms with Crippen molar-refractivity contribution >= 4 is 34.3 Å². The van der Waals surface area contributed by atoms with Crippen molar-refractivity contribution in [3.8, 4) is 28.4 Å². The Balaban J connectivity index is 1.39. The lowest BCUT2D eigenvalue weighted by Crippen LogP contribution is -2.44. The Bertz CT molecular complexity index is 2210. The molecule has 5 aromatic rings. The highest BCUT2D eigenvalue weighted by atomic mass is 32.2. The van der Waals surface area contributed by atoms with Gasteiger partial charge >= 0.3 is 0 Å². The number of ether oxygens (including phenoxy) is 3. The molecule has 1 saturated carbocycles. The van der Waals surface area contributed by atoms with Crippen LogP contribution in [-0.4, -0.2) is 33.6 Å². The van der Waals surface area contributed by atoms with Crippen LogP contribution in [0.5, 0.6) is 17.2 Å². The van der Waals surface area contributed by atoms with E-state index < -0.39 is 5.60 Å². The van der Waals surface area contributed by atoms with Gasteiger partial charge in [-0.2, -0.15) is 0 Å². The highest BCUT2D eigenvalue weighted by molar-refractivity contribution is 7.98. The molecule has 2 fully saturated rings. The zero-order valence-electron chi connectivity index (χ0n) is 33.0. The van der Waals surface area contributed by atoms with Gasteiger partial charge < -0.3 is 19.1 Å². The number of nitrogens with zero attached hydrogens (tertiary/aromatic N) is 1. The third-order valence-corrected chi connectivity index (χ3v) is 13.6. The number of piperidine rings is 1. The van der Waals surface area contributed by atoms with Crippen LogP contribution in [0, 0.1) is 10.8 Å². The number of methoxy groups -OCH3 is 2. The molecule has 0 amide bonds. The lowest BCUT2D eigenvalue weighted by Gasteiger charge is -2.52. The topological polar surface area (TPSA) is 30.9 Å². The molecule has 2 aliphatic heterocycles. The normalized spacial score (nSPS) is 19.9. The lowest BCUT2D eigenvalue weighted by atomic mass is 9.52. The van der Waals surface area contributed by atoms with Crippen LogP contribution in [0.1, 0.15) is 94.0 Å². The van der Waals surface area contributed by atoms with Gasteiger partial charge in [-0.15, -0.1) is 11.8 Å². The van der Waals surface area contributed by atoms with E-state index in [4.69, 9.17) is 14.2 Å². The molecule has 4 nitrogen and oxygen atoms in total. The van der Waals surface area contributed by atoms with Crippen molar-refractivity contribution in [2.24, 2.45) is 10.8 Å². The summed E-state index contributed by atoms with van der Waals surface area (Å²) >= 11 is 1.85. The van der Waals surface area contributed by atoms with Crippen molar-refractivity contribution in [1.29, 1.82) is 0 Å². The SMILES string of the molecule is COc1ccc(C2(c3ccc(OC)cc3)C=Cc3c4c(c5cc(N6CCCCC6)c(SC)cc5c3O2)-c2ccccc2C42CC(C)(C)CC(C)(C)C2)cc1. The Labute approximate surface area is 325 Å². The summed E-state index contributed by atoms with van der Waals surface area (Å²) in [4.78, 5) is 3.95. The van der Waals surface area contributed by atoms with Crippen molar-refractivity contribution < 1.29 is 14.2 Å². The molecular weight excluding hydrogens is 683 g/mol. The van der Waals surface area contributed by atoms with Crippen LogP contribution in [0.4, 0.5) is 5.69 Å². The van der Waals surface area contributed by atoms with Gasteiger partial charge in [0.1, 0.15) is 17.2 Å². The van der Waals surface area contributed by atoms with Crippen LogP contribution in [0.3, 0.4) is 0 Å². The van der Waals surface area contributed by atoms with Crippen molar-refractivity contribution in [1.82, 2.24) is 0 Å². The summed E-state index contributed by atoms with van der Waals surface area (Å²) in [6.07, 6.45) is 14.2. The average molecular weight is 736 g/mol. The monoisotopic (exact) mass is 735 g/mol. The van der Waals surface area contributed by atoms with E-state index in [0.29, 0.717) is 0 Å². The highest BCUT2D eigenvalue weighted by Crippen LogP contribution is 2.67. The van der Waals surface area contributed by atoms with Crippen molar-refractivity contribution in [2.75, 3.05) is 38.5 Å². The summed E-state index contributed by atoms with van der Waals surface area (Å²) in [6, 6.07) is 31.2. The molecule has 2 aliphatic carbocycles. The van der Waals surface area contributed by atoms with Crippen LogP contribution in [-0.2, 0) is 11.0 Å². The van der Waals surface area contributed by atoms with E-state index in [1.54, 1.807) is 14.2 Å². The number of hydrogen-bond donors (Lipinski definition) is 0. The van der Waals surface area contributed by atoms with Gasteiger partial charge in [-0.05, 0) is 126 Å². The first kappa shape index (κ1) is 35.4. The minimum absolute atomic E-state index is 0.146. The first-order valence-corrected chi connectivity index (χ1v) is 21.0. The molecule has 0 bridgehead atoms. The summed E-state index contributed by atoms with van der Waals surface area (Å²) in [6.45, 7) is 12.2. The summed E-state index contributed by atoms with van der Waals surface area (Å²) in [7, 11) is 3.44. The molecule has 0 atom stereocenters. The first-order valence-electron chi connectivity index (χ1n) is 19.8. The predicted molar refractivity (Wildman–Crippen MR) is 226 cm³/mol. The summed E-state index contributed by atoms with van der Waals surface area (Å²) in [5, 5.41) is 2.49. The Hall–Kier alpha value is -4.35. The maximum Gasteiger partial charge on any atom is 0.178 e. The van der Waals surface area contributed by atoms with E-state index in [1.165, 1.54) is 74.9 Å². The molecule has 2 heterocycles. The highest BCUT2D eigenvalue weighted by Gasteiger charge is 2.55. The zero-order valence-corrected chi connectivity index (χ0v) is 33.8. The van der Waals surface area contributed by atoms with Crippen LogP contribution < -0.4 is 19.1 Å². The molecule has 54 heavy (non-hydrogen) atoms. The van der Waals surface area contributed by atoms with Crippen LogP contribution in [0.2, 0.25) is 0 Å².